The largest absolute Gasteiger partial charge is 0.356 e. The highest BCUT2D eigenvalue weighted by Crippen LogP contribution is 2.44. The van der Waals surface area contributed by atoms with Gasteiger partial charge >= 0.3 is 0 Å². The summed E-state index contributed by atoms with van der Waals surface area (Å²) in [5.74, 6) is -0.118. The van der Waals surface area contributed by atoms with Gasteiger partial charge in [0.05, 0.1) is 6.04 Å². The van der Waals surface area contributed by atoms with Crippen molar-refractivity contribution in [2.24, 2.45) is 22.9 Å². The van der Waals surface area contributed by atoms with Crippen LogP contribution in [-0.4, -0.2) is 40.2 Å². The summed E-state index contributed by atoms with van der Waals surface area (Å²) in [5.41, 5.74) is 0.756. The van der Waals surface area contributed by atoms with Crippen molar-refractivity contribution in [3.63, 3.8) is 0 Å². The first-order valence-corrected chi connectivity index (χ1v) is 10.3. The van der Waals surface area contributed by atoms with E-state index in [2.05, 4.69) is 20.0 Å². The molecule has 9 heteroatoms. The highest BCUT2D eigenvalue weighted by atomic mass is 19.1. The predicted octanol–water partition coefficient (Wildman–Crippen LogP) is 3.05. The lowest BCUT2D eigenvalue weighted by atomic mass is 10.0. The molecule has 1 aliphatic carbocycles. The lowest BCUT2D eigenvalue weighted by molar-refractivity contribution is -0.137. The minimum absolute atomic E-state index is 0.0850. The van der Waals surface area contributed by atoms with Crippen LogP contribution in [0.3, 0.4) is 0 Å². The molecule has 1 aromatic carbocycles. The zero-order valence-electron chi connectivity index (χ0n) is 16.7. The summed E-state index contributed by atoms with van der Waals surface area (Å²) in [6.07, 6.45) is 4.95. The maximum Gasteiger partial charge on any atom is 0.246 e. The van der Waals surface area contributed by atoms with Gasteiger partial charge in [0.15, 0.2) is 0 Å². The zero-order chi connectivity index (χ0) is 21.5. The number of rotatable bonds is 3. The Kier molecular flexibility index (Phi) is 4.85. The van der Waals surface area contributed by atoms with Crippen molar-refractivity contribution in [2.75, 3.05) is 18.0 Å². The third-order valence-corrected chi connectivity index (χ3v) is 6.52. The van der Waals surface area contributed by atoms with Crippen LogP contribution in [0.2, 0.25) is 0 Å². The van der Waals surface area contributed by atoms with E-state index in [0.717, 1.165) is 37.8 Å². The van der Waals surface area contributed by atoms with E-state index >= 15 is 0 Å². The van der Waals surface area contributed by atoms with Crippen LogP contribution in [-0.2, 0) is 4.79 Å². The van der Waals surface area contributed by atoms with E-state index in [9.17, 15) is 13.6 Å². The number of carbonyl (C=O) groups is 1. The molecule has 0 N–H and O–H groups in total. The third-order valence-electron chi connectivity index (χ3n) is 6.52. The smallest absolute Gasteiger partial charge is 0.246 e. The average molecular weight is 422 g/mol. The fourth-order valence-corrected chi connectivity index (χ4v) is 5.13. The standard InChI is InChI=1S/C22H20F2N6O/c23-17-5-13(6-18(24)7-17)20-1-2-28-30(20)22(31)14-3-15-10-29(11-16(15)4-14)21-8-19(9-25)26-12-27-21/h2,5-8,12,14-16,20H,1,3-4,10-11H2/t15-,16-,20+/m1/s1. The van der Waals surface area contributed by atoms with Gasteiger partial charge in [0.25, 0.3) is 0 Å². The van der Waals surface area contributed by atoms with E-state index in [4.69, 9.17) is 5.26 Å². The summed E-state index contributed by atoms with van der Waals surface area (Å²) in [6.45, 7) is 1.55. The number of carbonyl (C=O) groups excluding carboxylic acids is 1. The number of amides is 1. The van der Waals surface area contributed by atoms with Crippen LogP contribution in [0.15, 0.2) is 35.7 Å². The number of hydrazone groups is 1. The molecule has 0 bridgehead atoms. The maximum atomic E-state index is 13.7. The number of benzene rings is 1. The Balaban J connectivity index is 1.26. The van der Waals surface area contributed by atoms with Gasteiger partial charge in [0.2, 0.25) is 5.91 Å². The molecule has 1 aromatic heterocycles. The summed E-state index contributed by atoms with van der Waals surface area (Å²) in [7, 11) is 0. The molecule has 31 heavy (non-hydrogen) atoms. The molecule has 3 heterocycles. The SMILES string of the molecule is N#Cc1cc(N2C[C@H]3CC(C(=O)N4N=CC[C@H]4c4cc(F)cc(F)c4)C[C@@H]3C2)ncn1. The number of nitriles is 1. The summed E-state index contributed by atoms with van der Waals surface area (Å²) >= 11 is 0. The number of anilines is 1. The Bertz CT molecular complexity index is 1070. The van der Waals surface area contributed by atoms with E-state index in [1.165, 1.54) is 23.5 Å². The van der Waals surface area contributed by atoms with E-state index in [1.807, 2.05) is 6.07 Å². The van der Waals surface area contributed by atoms with Gasteiger partial charge in [-0.25, -0.2) is 23.8 Å². The number of fused-ring (bicyclic) bond motifs is 1. The third kappa shape index (κ3) is 3.63. The lowest BCUT2D eigenvalue weighted by Crippen LogP contribution is -2.33. The fourth-order valence-electron chi connectivity index (χ4n) is 5.13. The lowest BCUT2D eigenvalue weighted by Gasteiger charge is -2.26. The second kappa shape index (κ2) is 7.69. The van der Waals surface area contributed by atoms with Crippen LogP contribution < -0.4 is 4.90 Å². The highest BCUT2D eigenvalue weighted by molar-refractivity contribution is 5.82. The number of halogens is 2. The summed E-state index contributed by atoms with van der Waals surface area (Å²) in [5, 5.41) is 14.7. The quantitative estimate of drug-likeness (QED) is 0.759. The van der Waals surface area contributed by atoms with E-state index in [0.29, 0.717) is 29.5 Å². The second-order valence-electron chi connectivity index (χ2n) is 8.40. The van der Waals surface area contributed by atoms with Crippen LogP contribution in [0.1, 0.15) is 36.6 Å². The molecule has 2 fully saturated rings. The van der Waals surface area contributed by atoms with Crippen LogP contribution in [0.25, 0.3) is 0 Å². The summed E-state index contributed by atoms with van der Waals surface area (Å²) < 4.78 is 27.4. The molecule has 2 aromatic rings. The second-order valence-corrected chi connectivity index (χ2v) is 8.40. The first kappa shape index (κ1) is 19.5. The Hall–Kier alpha value is -3.41. The van der Waals surface area contributed by atoms with E-state index in [1.54, 1.807) is 12.3 Å². The highest BCUT2D eigenvalue weighted by Gasteiger charge is 2.46. The minimum Gasteiger partial charge on any atom is -0.356 e. The maximum absolute atomic E-state index is 13.7. The van der Waals surface area contributed by atoms with Crippen molar-refractivity contribution >= 4 is 17.9 Å². The van der Waals surface area contributed by atoms with Gasteiger partial charge in [-0.05, 0) is 42.4 Å². The van der Waals surface area contributed by atoms with Gasteiger partial charge in [-0.3, -0.25) is 4.79 Å². The number of nitrogens with zero attached hydrogens (tertiary/aromatic N) is 6. The number of hydrogen-bond acceptors (Lipinski definition) is 6. The minimum atomic E-state index is -0.658. The van der Waals surface area contributed by atoms with Gasteiger partial charge in [-0.15, -0.1) is 0 Å². The van der Waals surface area contributed by atoms with Gasteiger partial charge in [-0.1, -0.05) is 0 Å². The number of hydrogen-bond donors (Lipinski definition) is 0. The average Bonchev–Trinajstić information content (AvgIpc) is 3.47. The van der Waals surface area contributed by atoms with Crippen LogP contribution in [0.4, 0.5) is 14.6 Å². The molecule has 1 saturated heterocycles. The molecule has 0 unspecified atom stereocenters. The zero-order valence-corrected chi connectivity index (χ0v) is 16.7. The van der Waals surface area contributed by atoms with Crippen molar-refractivity contribution in [3.8, 4) is 6.07 Å². The topological polar surface area (TPSA) is 85.5 Å². The normalized spacial score (nSPS) is 25.1. The fraction of sp³-hybridized carbons (Fsp3) is 0.409. The van der Waals surface area contributed by atoms with Crippen molar-refractivity contribution in [1.29, 1.82) is 5.26 Å². The van der Waals surface area contributed by atoms with Crippen LogP contribution >= 0.6 is 0 Å². The first-order chi connectivity index (χ1) is 15.0. The molecule has 5 rings (SSSR count). The van der Waals surface area contributed by atoms with Gasteiger partial charge in [0, 0.05) is 43.8 Å². The van der Waals surface area contributed by atoms with Gasteiger partial charge < -0.3 is 4.90 Å². The molecular formula is C22H20F2N6O. The van der Waals surface area contributed by atoms with E-state index < -0.39 is 17.7 Å². The molecule has 1 saturated carbocycles. The van der Waals surface area contributed by atoms with Crippen molar-refractivity contribution in [2.45, 2.75) is 25.3 Å². The van der Waals surface area contributed by atoms with Crippen LogP contribution in [0, 0.1) is 40.7 Å². The first-order valence-electron chi connectivity index (χ1n) is 10.3. The Morgan fingerprint density at radius 1 is 1.06 bits per heavy atom. The molecule has 158 valence electrons. The Morgan fingerprint density at radius 3 is 2.45 bits per heavy atom. The van der Waals surface area contributed by atoms with Crippen molar-refractivity contribution in [1.82, 2.24) is 15.0 Å². The summed E-state index contributed by atoms with van der Waals surface area (Å²) in [6, 6.07) is 6.60. The van der Waals surface area contributed by atoms with Gasteiger partial charge in [-0.2, -0.15) is 10.4 Å². The van der Waals surface area contributed by atoms with Gasteiger partial charge in [0.1, 0.15) is 35.5 Å². The molecule has 0 radical (unpaired) electrons. The Labute approximate surface area is 178 Å². The molecule has 0 spiro atoms. The molecular weight excluding hydrogens is 402 g/mol. The monoisotopic (exact) mass is 422 g/mol. The predicted molar refractivity (Wildman–Crippen MR) is 108 cm³/mol. The molecule has 7 nitrogen and oxygen atoms in total. The molecule has 3 aliphatic rings. The molecule has 1 amide bonds. The van der Waals surface area contributed by atoms with Crippen molar-refractivity contribution < 1.29 is 13.6 Å². The van der Waals surface area contributed by atoms with Crippen molar-refractivity contribution in [3.05, 3.63) is 53.5 Å². The molecule has 2 aliphatic heterocycles. The summed E-state index contributed by atoms with van der Waals surface area (Å²) in [4.78, 5) is 23.6. The Morgan fingerprint density at radius 2 is 1.77 bits per heavy atom. The number of aromatic nitrogens is 2. The van der Waals surface area contributed by atoms with Crippen LogP contribution in [0.5, 0.6) is 0 Å². The molecule has 3 atom stereocenters. The van der Waals surface area contributed by atoms with E-state index in [-0.39, 0.29) is 11.8 Å².